The van der Waals surface area contributed by atoms with Crippen LogP contribution in [0.3, 0.4) is 0 Å². The first kappa shape index (κ1) is 9.34. The summed E-state index contributed by atoms with van der Waals surface area (Å²) in [7, 11) is 3.34. The molecule has 0 radical (unpaired) electrons. The van der Waals surface area contributed by atoms with Crippen LogP contribution in [0.5, 0.6) is 11.5 Å². The van der Waals surface area contributed by atoms with Gasteiger partial charge in [0.05, 0.1) is 14.2 Å². The van der Waals surface area contributed by atoms with Gasteiger partial charge < -0.3 is 15.2 Å². The molecule has 1 saturated carbocycles. The molecule has 2 atom stereocenters. The van der Waals surface area contributed by atoms with Crippen LogP contribution in [0.15, 0.2) is 18.2 Å². The van der Waals surface area contributed by atoms with Gasteiger partial charge in [0.15, 0.2) is 0 Å². The minimum Gasteiger partial charge on any atom is -0.497 e. The summed E-state index contributed by atoms with van der Waals surface area (Å²) >= 11 is 0. The molecule has 2 rings (SSSR count). The smallest absolute Gasteiger partial charge is 0.122 e. The number of methoxy groups -OCH3 is 2. The average molecular weight is 193 g/mol. The Balaban J connectivity index is 2.33. The van der Waals surface area contributed by atoms with E-state index in [9.17, 15) is 0 Å². The summed E-state index contributed by atoms with van der Waals surface area (Å²) in [4.78, 5) is 0. The third kappa shape index (κ3) is 1.55. The highest BCUT2D eigenvalue weighted by atomic mass is 16.5. The van der Waals surface area contributed by atoms with Crippen LogP contribution >= 0.6 is 0 Å². The van der Waals surface area contributed by atoms with Crippen LogP contribution in [-0.4, -0.2) is 20.3 Å². The zero-order valence-electron chi connectivity index (χ0n) is 8.49. The zero-order chi connectivity index (χ0) is 10.1. The van der Waals surface area contributed by atoms with Crippen LogP contribution in [0.25, 0.3) is 0 Å². The Hall–Kier alpha value is -1.22. The van der Waals surface area contributed by atoms with E-state index in [1.807, 2.05) is 18.2 Å². The zero-order valence-corrected chi connectivity index (χ0v) is 8.49. The normalized spacial score (nSPS) is 24.5. The second-order valence-corrected chi connectivity index (χ2v) is 3.61. The monoisotopic (exact) mass is 193 g/mol. The van der Waals surface area contributed by atoms with E-state index in [0.29, 0.717) is 5.92 Å². The lowest BCUT2D eigenvalue weighted by atomic mass is 10.1. The highest BCUT2D eigenvalue weighted by Crippen LogP contribution is 2.44. The molecule has 0 unspecified atom stereocenters. The van der Waals surface area contributed by atoms with Gasteiger partial charge in [-0.2, -0.15) is 0 Å². The van der Waals surface area contributed by atoms with Gasteiger partial charge in [0.25, 0.3) is 0 Å². The van der Waals surface area contributed by atoms with Crippen molar-refractivity contribution in [3.05, 3.63) is 23.8 Å². The van der Waals surface area contributed by atoms with Crippen molar-refractivity contribution in [2.24, 2.45) is 5.73 Å². The van der Waals surface area contributed by atoms with Gasteiger partial charge in [0, 0.05) is 17.5 Å². The van der Waals surface area contributed by atoms with Gasteiger partial charge in [-0.05, 0) is 24.6 Å². The Morgan fingerprint density at radius 1 is 1.29 bits per heavy atom. The topological polar surface area (TPSA) is 44.5 Å². The molecule has 0 spiro atoms. The molecule has 2 N–H and O–H groups in total. The SMILES string of the molecule is COc1ccc(OC)c([C@H]2C[C@H]2N)c1. The minimum atomic E-state index is 0.288. The first-order valence-electron chi connectivity index (χ1n) is 4.73. The third-order valence-corrected chi connectivity index (χ3v) is 2.68. The van der Waals surface area contributed by atoms with E-state index in [1.165, 1.54) is 5.56 Å². The summed E-state index contributed by atoms with van der Waals surface area (Å²) in [6.07, 6.45) is 1.05. The van der Waals surface area contributed by atoms with Gasteiger partial charge in [0.2, 0.25) is 0 Å². The predicted molar refractivity (Wildman–Crippen MR) is 54.9 cm³/mol. The molecule has 1 aliphatic carbocycles. The fourth-order valence-corrected chi connectivity index (χ4v) is 1.70. The van der Waals surface area contributed by atoms with Crippen LogP contribution in [-0.2, 0) is 0 Å². The Kier molecular flexibility index (Phi) is 2.33. The molecule has 3 heteroatoms. The Labute approximate surface area is 83.8 Å². The largest absolute Gasteiger partial charge is 0.497 e. The molecule has 3 nitrogen and oxygen atoms in total. The van der Waals surface area contributed by atoms with E-state index in [-0.39, 0.29) is 6.04 Å². The Morgan fingerprint density at radius 3 is 2.50 bits per heavy atom. The molecule has 0 aromatic heterocycles. The van der Waals surface area contributed by atoms with Gasteiger partial charge in [-0.1, -0.05) is 0 Å². The quantitative estimate of drug-likeness (QED) is 0.791. The highest BCUT2D eigenvalue weighted by molar-refractivity contribution is 5.45. The summed E-state index contributed by atoms with van der Waals surface area (Å²) in [6, 6.07) is 6.13. The maximum absolute atomic E-state index is 5.82. The Bertz CT molecular complexity index is 338. The number of rotatable bonds is 3. The number of nitrogens with two attached hydrogens (primary N) is 1. The van der Waals surface area contributed by atoms with Crippen molar-refractivity contribution in [3.8, 4) is 11.5 Å². The van der Waals surface area contributed by atoms with E-state index in [4.69, 9.17) is 15.2 Å². The molecule has 1 aromatic carbocycles. The second kappa shape index (κ2) is 3.50. The lowest BCUT2D eigenvalue weighted by Gasteiger charge is -2.09. The average Bonchev–Trinajstić information content (AvgIpc) is 2.94. The van der Waals surface area contributed by atoms with Crippen LogP contribution in [0.1, 0.15) is 17.9 Å². The first-order chi connectivity index (χ1) is 6.76. The molecule has 0 saturated heterocycles. The van der Waals surface area contributed by atoms with E-state index in [2.05, 4.69) is 0 Å². The van der Waals surface area contributed by atoms with Crippen molar-refractivity contribution in [1.82, 2.24) is 0 Å². The first-order valence-corrected chi connectivity index (χ1v) is 4.73. The van der Waals surface area contributed by atoms with Gasteiger partial charge in [-0.15, -0.1) is 0 Å². The summed E-state index contributed by atoms with van der Waals surface area (Å²) in [6.45, 7) is 0. The van der Waals surface area contributed by atoms with Crippen molar-refractivity contribution >= 4 is 0 Å². The minimum absolute atomic E-state index is 0.288. The van der Waals surface area contributed by atoms with Crippen LogP contribution in [0.2, 0.25) is 0 Å². The molecule has 0 bridgehead atoms. The predicted octanol–water partition coefficient (Wildman–Crippen LogP) is 1.52. The van der Waals surface area contributed by atoms with Crippen molar-refractivity contribution in [2.45, 2.75) is 18.4 Å². The van der Waals surface area contributed by atoms with Crippen molar-refractivity contribution in [3.63, 3.8) is 0 Å². The lowest BCUT2D eigenvalue weighted by Crippen LogP contribution is -2.02. The molecular weight excluding hydrogens is 178 g/mol. The van der Waals surface area contributed by atoms with Gasteiger partial charge >= 0.3 is 0 Å². The fourth-order valence-electron chi connectivity index (χ4n) is 1.70. The van der Waals surface area contributed by atoms with Crippen LogP contribution in [0, 0.1) is 0 Å². The molecule has 0 aliphatic heterocycles. The van der Waals surface area contributed by atoms with E-state index in [0.717, 1.165) is 17.9 Å². The lowest BCUT2D eigenvalue weighted by molar-refractivity contribution is 0.398. The molecule has 0 amide bonds. The van der Waals surface area contributed by atoms with E-state index < -0.39 is 0 Å². The molecular formula is C11H15NO2. The van der Waals surface area contributed by atoms with Crippen LogP contribution < -0.4 is 15.2 Å². The molecule has 14 heavy (non-hydrogen) atoms. The van der Waals surface area contributed by atoms with Crippen molar-refractivity contribution in [2.75, 3.05) is 14.2 Å². The van der Waals surface area contributed by atoms with Gasteiger partial charge in [0.1, 0.15) is 11.5 Å². The highest BCUT2D eigenvalue weighted by Gasteiger charge is 2.37. The molecule has 1 aromatic rings. The number of benzene rings is 1. The maximum atomic E-state index is 5.82. The fraction of sp³-hybridized carbons (Fsp3) is 0.455. The molecule has 0 heterocycles. The molecule has 1 aliphatic rings. The summed E-state index contributed by atoms with van der Waals surface area (Å²) in [5, 5.41) is 0. The number of ether oxygens (including phenoxy) is 2. The summed E-state index contributed by atoms with van der Waals surface area (Å²) in [5.41, 5.74) is 6.98. The standard InChI is InChI=1S/C11H15NO2/c1-13-7-3-4-11(14-2)9(5-7)8-6-10(8)12/h3-5,8,10H,6,12H2,1-2H3/t8-,10-/m1/s1. The Morgan fingerprint density at radius 2 is 2.00 bits per heavy atom. The molecule has 76 valence electrons. The third-order valence-electron chi connectivity index (χ3n) is 2.68. The van der Waals surface area contributed by atoms with E-state index in [1.54, 1.807) is 14.2 Å². The summed E-state index contributed by atoms with van der Waals surface area (Å²) < 4.78 is 10.5. The van der Waals surface area contributed by atoms with Gasteiger partial charge in [-0.25, -0.2) is 0 Å². The number of hydrogen-bond acceptors (Lipinski definition) is 3. The van der Waals surface area contributed by atoms with Crippen molar-refractivity contribution in [1.29, 1.82) is 0 Å². The molecule has 1 fully saturated rings. The summed E-state index contributed by atoms with van der Waals surface area (Å²) in [5.74, 6) is 2.21. The van der Waals surface area contributed by atoms with Gasteiger partial charge in [-0.3, -0.25) is 0 Å². The maximum Gasteiger partial charge on any atom is 0.122 e. The number of hydrogen-bond donors (Lipinski definition) is 1. The van der Waals surface area contributed by atoms with Crippen molar-refractivity contribution < 1.29 is 9.47 Å². The van der Waals surface area contributed by atoms with Crippen LogP contribution in [0.4, 0.5) is 0 Å². The van der Waals surface area contributed by atoms with E-state index >= 15 is 0 Å². The second-order valence-electron chi connectivity index (χ2n) is 3.61.